The average molecular weight is 326 g/mol. The summed E-state index contributed by atoms with van der Waals surface area (Å²) in [7, 11) is 0. The van der Waals surface area contributed by atoms with E-state index in [1.165, 1.54) is 22.7 Å². The van der Waals surface area contributed by atoms with E-state index < -0.39 is 0 Å². The van der Waals surface area contributed by atoms with Gasteiger partial charge in [0.15, 0.2) is 9.66 Å². The van der Waals surface area contributed by atoms with Gasteiger partial charge in [-0.25, -0.2) is 9.97 Å². The van der Waals surface area contributed by atoms with E-state index in [2.05, 4.69) is 9.97 Å². The molecule has 0 radical (unpaired) electrons. The van der Waals surface area contributed by atoms with E-state index in [1.807, 2.05) is 24.3 Å². The van der Waals surface area contributed by atoms with Gasteiger partial charge in [-0.1, -0.05) is 46.9 Å². The van der Waals surface area contributed by atoms with Crippen molar-refractivity contribution in [2.75, 3.05) is 0 Å². The highest BCUT2D eigenvalue weighted by molar-refractivity contribution is 7.29. The summed E-state index contributed by atoms with van der Waals surface area (Å²) in [6.07, 6.45) is 0. The van der Waals surface area contributed by atoms with E-state index >= 15 is 0 Å². The molecule has 108 valence electrons. The minimum absolute atomic E-state index is 0.213. The van der Waals surface area contributed by atoms with Gasteiger partial charge in [-0.2, -0.15) is 0 Å². The molecule has 4 aromatic rings. The van der Waals surface area contributed by atoms with Crippen molar-refractivity contribution in [1.82, 2.24) is 9.97 Å². The summed E-state index contributed by atoms with van der Waals surface area (Å²) in [5.74, 6) is 0.426. The first kappa shape index (κ1) is 13.2. The summed E-state index contributed by atoms with van der Waals surface area (Å²) < 4.78 is 0. The van der Waals surface area contributed by atoms with Gasteiger partial charge in [0.05, 0.1) is 11.1 Å². The fourth-order valence-corrected chi connectivity index (χ4v) is 4.29. The Morgan fingerprint density at radius 1 is 0.636 bits per heavy atom. The van der Waals surface area contributed by atoms with E-state index in [0.29, 0.717) is 11.1 Å². The van der Waals surface area contributed by atoms with Crippen molar-refractivity contribution in [1.29, 1.82) is 0 Å². The van der Waals surface area contributed by atoms with Crippen molar-refractivity contribution >= 4 is 32.3 Å². The molecule has 0 saturated carbocycles. The number of thiazole rings is 2. The first-order valence-electron chi connectivity index (χ1n) is 6.56. The van der Waals surface area contributed by atoms with Crippen molar-refractivity contribution in [3.63, 3.8) is 0 Å². The molecule has 0 amide bonds. The summed E-state index contributed by atoms with van der Waals surface area (Å²) in [6.45, 7) is 0. The maximum Gasteiger partial charge on any atom is 0.155 e. The largest absolute Gasteiger partial charge is 0.507 e. The molecule has 0 bridgehead atoms. The third-order valence-electron chi connectivity index (χ3n) is 3.24. The van der Waals surface area contributed by atoms with Crippen molar-refractivity contribution < 1.29 is 10.2 Å². The Bertz CT molecular complexity index is 869. The number of hydrogen-bond donors (Lipinski definition) is 2. The molecular weight excluding hydrogens is 316 g/mol. The zero-order valence-electron chi connectivity index (χ0n) is 11.2. The molecular formula is C16H10N2O2S2. The Morgan fingerprint density at radius 3 is 1.45 bits per heavy atom. The van der Waals surface area contributed by atoms with Crippen LogP contribution in [0, 0.1) is 0 Å². The van der Waals surface area contributed by atoms with Crippen LogP contribution < -0.4 is 0 Å². The SMILES string of the molecule is Oc1ccccc1-c1nc2sc(-c3ccccc3O)nc2s1. The molecule has 0 aliphatic carbocycles. The minimum atomic E-state index is 0.213. The smallest absolute Gasteiger partial charge is 0.155 e. The summed E-state index contributed by atoms with van der Waals surface area (Å²) in [5.41, 5.74) is 1.42. The maximum atomic E-state index is 9.91. The van der Waals surface area contributed by atoms with Crippen LogP contribution in [0.3, 0.4) is 0 Å². The van der Waals surface area contributed by atoms with Gasteiger partial charge in [0.1, 0.15) is 21.5 Å². The number of aromatic hydroxyl groups is 2. The molecule has 0 unspecified atom stereocenters. The molecule has 2 aromatic heterocycles. The number of benzene rings is 2. The summed E-state index contributed by atoms with van der Waals surface area (Å²) in [4.78, 5) is 10.7. The molecule has 0 saturated heterocycles. The molecule has 0 fully saturated rings. The second kappa shape index (κ2) is 5.08. The number of hydrogen-bond acceptors (Lipinski definition) is 6. The van der Waals surface area contributed by atoms with Gasteiger partial charge in [0.2, 0.25) is 0 Å². The van der Waals surface area contributed by atoms with Crippen molar-refractivity contribution in [3.05, 3.63) is 48.5 Å². The predicted molar refractivity (Wildman–Crippen MR) is 89.5 cm³/mol. The Hall–Kier alpha value is -2.44. The molecule has 2 aromatic carbocycles. The Morgan fingerprint density at radius 2 is 1.05 bits per heavy atom. The van der Waals surface area contributed by atoms with E-state index in [1.54, 1.807) is 24.3 Å². The first-order valence-corrected chi connectivity index (χ1v) is 8.20. The van der Waals surface area contributed by atoms with E-state index in [9.17, 15) is 10.2 Å². The third-order valence-corrected chi connectivity index (χ3v) is 5.34. The Labute approximate surface area is 134 Å². The number of para-hydroxylation sites is 2. The van der Waals surface area contributed by atoms with E-state index in [-0.39, 0.29) is 11.5 Å². The van der Waals surface area contributed by atoms with E-state index in [0.717, 1.165) is 19.7 Å². The van der Waals surface area contributed by atoms with E-state index in [4.69, 9.17) is 0 Å². The summed E-state index contributed by atoms with van der Waals surface area (Å²) in [5, 5.41) is 21.3. The molecule has 6 heteroatoms. The van der Waals surface area contributed by atoms with Crippen LogP contribution in [0.4, 0.5) is 0 Å². The number of nitrogens with zero attached hydrogens (tertiary/aromatic N) is 2. The summed E-state index contributed by atoms with van der Waals surface area (Å²) >= 11 is 2.86. The number of rotatable bonds is 2. The average Bonchev–Trinajstić information content (AvgIpc) is 3.06. The van der Waals surface area contributed by atoms with Gasteiger partial charge in [0, 0.05) is 0 Å². The molecule has 0 spiro atoms. The molecule has 22 heavy (non-hydrogen) atoms. The second-order valence-corrected chi connectivity index (χ2v) is 6.64. The normalized spacial score (nSPS) is 11.1. The lowest BCUT2D eigenvalue weighted by molar-refractivity contribution is 0.477. The molecule has 0 aliphatic heterocycles. The zero-order chi connectivity index (χ0) is 15.1. The zero-order valence-corrected chi connectivity index (χ0v) is 12.9. The van der Waals surface area contributed by atoms with Crippen LogP contribution in [0.25, 0.3) is 30.8 Å². The van der Waals surface area contributed by atoms with Gasteiger partial charge in [-0.05, 0) is 24.3 Å². The quantitative estimate of drug-likeness (QED) is 0.569. The van der Waals surface area contributed by atoms with Crippen molar-refractivity contribution in [2.24, 2.45) is 0 Å². The second-order valence-electron chi connectivity index (χ2n) is 4.68. The number of aromatic nitrogens is 2. The molecule has 4 rings (SSSR count). The monoisotopic (exact) mass is 326 g/mol. The van der Waals surface area contributed by atoms with Gasteiger partial charge in [-0.15, -0.1) is 0 Å². The van der Waals surface area contributed by atoms with Crippen LogP contribution in [0.2, 0.25) is 0 Å². The highest BCUT2D eigenvalue weighted by atomic mass is 32.1. The highest BCUT2D eigenvalue weighted by Gasteiger charge is 2.16. The number of phenolic OH excluding ortho intramolecular Hbond substituents is 2. The lowest BCUT2D eigenvalue weighted by Gasteiger charge is -1.99. The van der Waals surface area contributed by atoms with Crippen LogP contribution in [-0.2, 0) is 0 Å². The highest BCUT2D eigenvalue weighted by Crippen LogP contribution is 2.40. The minimum Gasteiger partial charge on any atom is -0.507 e. The van der Waals surface area contributed by atoms with Crippen LogP contribution >= 0.6 is 22.7 Å². The predicted octanol–water partition coefficient (Wildman–Crippen LogP) is 4.50. The molecule has 0 atom stereocenters. The van der Waals surface area contributed by atoms with Crippen molar-refractivity contribution in [2.45, 2.75) is 0 Å². The maximum absolute atomic E-state index is 9.91. The molecule has 2 heterocycles. The molecule has 0 aliphatic rings. The van der Waals surface area contributed by atoms with Gasteiger partial charge in [0.25, 0.3) is 0 Å². The lowest BCUT2D eigenvalue weighted by atomic mass is 10.2. The summed E-state index contributed by atoms with van der Waals surface area (Å²) in [6, 6.07) is 14.3. The number of phenols is 2. The van der Waals surface area contributed by atoms with Crippen LogP contribution in [0.1, 0.15) is 0 Å². The lowest BCUT2D eigenvalue weighted by Crippen LogP contribution is -1.77. The molecule has 2 N–H and O–H groups in total. The Kier molecular flexibility index (Phi) is 3.06. The van der Waals surface area contributed by atoms with Crippen LogP contribution in [0.5, 0.6) is 11.5 Å². The molecule has 4 nitrogen and oxygen atoms in total. The standard InChI is InChI=1S/C16H10N2O2S2/c19-11-7-3-1-5-9(11)13-17-15-16(21-13)18-14(22-15)10-6-2-4-8-12(10)20/h1-8,19-20H. The van der Waals surface area contributed by atoms with Crippen LogP contribution in [-0.4, -0.2) is 20.2 Å². The van der Waals surface area contributed by atoms with Crippen molar-refractivity contribution in [3.8, 4) is 32.6 Å². The van der Waals surface area contributed by atoms with Gasteiger partial charge in [-0.3, -0.25) is 0 Å². The van der Waals surface area contributed by atoms with Gasteiger partial charge < -0.3 is 10.2 Å². The fraction of sp³-hybridized carbons (Fsp3) is 0. The first-order chi connectivity index (χ1) is 10.7. The van der Waals surface area contributed by atoms with Gasteiger partial charge >= 0.3 is 0 Å². The van der Waals surface area contributed by atoms with Crippen LogP contribution in [0.15, 0.2) is 48.5 Å². The third kappa shape index (κ3) is 2.13. The fourth-order valence-electron chi connectivity index (χ4n) is 2.18. The topological polar surface area (TPSA) is 66.2 Å². The Balaban J connectivity index is 1.81. The number of fused-ring (bicyclic) bond motifs is 1.